The van der Waals surface area contributed by atoms with Crippen LogP contribution in [0, 0.1) is 5.82 Å². The minimum atomic E-state index is -2.98. The Bertz CT molecular complexity index is 572. The summed E-state index contributed by atoms with van der Waals surface area (Å²) in [5.74, 6) is -0.137. The summed E-state index contributed by atoms with van der Waals surface area (Å²) < 4.78 is 37.1. The van der Waals surface area contributed by atoms with Crippen molar-refractivity contribution in [1.82, 2.24) is 0 Å². The highest BCUT2D eigenvalue weighted by molar-refractivity contribution is 7.91. The van der Waals surface area contributed by atoms with E-state index in [4.69, 9.17) is 5.73 Å². The third-order valence-corrected chi connectivity index (χ3v) is 5.26. The van der Waals surface area contributed by atoms with E-state index >= 15 is 0 Å². The van der Waals surface area contributed by atoms with E-state index in [2.05, 4.69) is 0 Å². The summed E-state index contributed by atoms with van der Waals surface area (Å²) in [7, 11) is -2.98. The van der Waals surface area contributed by atoms with Crippen molar-refractivity contribution in [3.8, 4) is 0 Å². The molecule has 4 nitrogen and oxygen atoms in total. The van der Waals surface area contributed by atoms with Gasteiger partial charge in [-0.05, 0) is 26.0 Å². The largest absolute Gasteiger partial charge is 0.366 e. The van der Waals surface area contributed by atoms with Crippen LogP contribution in [-0.4, -0.2) is 32.5 Å². The zero-order valence-corrected chi connectivity index (χ0v) is 12.0. The Hall–Kier alpha value is -1.14. The van der Waals surface area contributed by atoms with Crippen LogP contribution in [0.3, 0.4) is 0 Å². The summed E-state index contributed by atoms with van der Waals surface area (Å²) in [5, 5.41) is 0. The fourth-order valence-corrected chi connectivity index (χ4v) is 4.14. The highest BCUT2D eigenvalue weighted by Crippen LogP contribution is 2.30. The first-order chi connectivity index (χ1) is 8.82. The summed E-state index contributed by atoms with van der Waals surface area (Å²) in [6.45, 7) is 3.95. The molecule has 0 amide bonds. The van der Waals surface area contributed by atoms with Crippen molar-refractivity contribution in [1.29, 1.82) is 0 Å². The molecule has 19 heavy (non-hydrogen) atoms. The van der Waals surface area contributed by atoms with Crippen LogP contribution in [0.4, 0.5) is 10.1 Å². The van der Waals surface area contributed by atoms with E-state index in [0.29, 0.717) is 17.8 Å². The van der Waals surface area contributed by atoms with E-state index in [1.807, 2.05) is 11.8 Å². The second-order valence-corrected chi connectivity index (χ2v) is 7.35. The van der Waals surface area contributed by atoms with Crippen molar-refractivity contribution in [2.75, 3.05) is 23.0 Å². The van der Waals surface area contributed by atoms with Gasteiger partial charge >= 0.3 is 0 Å². The van der Waals surface area contributed by atoms with Crippen LogP contribution < -0.4 is 10.6 Å². The molecule has 2 N–H and O–H groups in total. The van der Waals surface area contributed by atoms with Crippen LogP contribution in [0.15, 0.2) is 18.2 Å². The van der Waals surface area contributed by atoms with Gasteiger partial charge in [-0.1, -0.05) is 6.07 Å². The quantitative estimate of drug-likeness (QED) is 0.894. The zero-order valence-electron chi connectivity index (χ0n) is 11.1. The standard InChI is InChI=1S/C13H19FN2O2S/c1-9-8-19(17,18)7-6-16(9)12-5-3-4-11(14)13(12)10(2)15/h3-5,9-10H,6-8,15H2,1-2H3/t9?,10-/m0/s1. The molecular formula is C13H19FN2O2S. The van der Waals surface area contributed by atoms with E-state index in [1.54, 1.807) is 19.1 Å². The van der Waals surface area contributed by atoms with Gasteiger partial charge in [0.15, 0.2) is 9.84 Å². The number of hydrogen-bond acceptors (Lipinski definition) is 4. The average molecular weight is 286 g/mol. The Balaban J connectivity index is 2.40. The van der Waals surface area contributed by atoms with Gasteiger partial charge in [0, 0.05) is 29.9 Å². The van der Waals surface area contributed by atoms with E-state index in [0.717, 1.165) is 0 Å². The molecule has 0 radical (unpaired) electrons. The number of anilines is 1. The third kappa shape index (κ3) is 2.90. The molecule has 0 spiro atoms. The van der Waals surface area contributed by atoms with Gasteiger partial charge in [-0.25, -0.2) is 12.8 Å². The maximum Gasteiger partial charge on any atom is 0.154 e. The molecule has 1 aliphatic heterocycles. The molecule has 2 rings (SSSR count). The van der Waals surface area contributed by atoms with Crippen LogP contribution in [0.2, 0.25) is 0 Å². The minimum Gasteiger partial charge on any atom is -0.366 e. The summed E-state index contributed by atoms with van der Waals surface area (Å²) >= 11 is 0. The van der Waals surface area contributed by atoms with E-state index < -0.39 is 15.9 Å². The second-order valence-electron chi connectivity index (χ2n) is 5.12. The van der Waals surface area contributed by atoms with Crippen molar-refractivity contribution in [3.05, 3.63) is 29.6 Å². The molecule has 1 unspecified atom stereocenters. The fourth-order valence-electron chi connectivity index (χ4n) is 2.58. The van der Waals surface area contributed by atoms with Crippen LogP contribution in [0.1, 0.15) is 25.5 Å². The van der Waals surface area contributed by atoms with Crippen LogP contribution in [-0.2, 0) is 9.84 Å². The number of halogens is 1. The first-order valence-corrected chi connectivity index (χ1v) is 8.15. The molecule has 1 saturated heterocycles. The SMILES string of the molecule is CC1CS(=O)(=O)CCN1c1cccc(F)c1[C@H](C)N. The number of nitrogens with zero attached hydrogens (tertiary/aromatic N) is 1. The fraction of sp³-hybridized carbons (Fsp3) is 0.538. The van der Waals surface area contributed by atoms with Gasteiger partial charge < -0.3 is 10.6 Å². The molecular weight excluding hydrogens is 267 g/mol. The molecule has 1 fully saturated rings. The molecule has 1 aromatic carbocycles. The molecule has 0 aromatic heterocycles. The van der Waals surface area contributed by atoms with Gasteiger partial charge in [-0.2, -0.15) is 0 Å². The van der Waals surface area contributed by atoms with Crippen molar-refractivity contribution in [3.63, 3.8) is 0 Å². The van der Waals surface area contributed by atoms with Crippen molar-refractivity contribution in [2.45, 2.75) is 25.9 Å². The number of hydrogen-bond donors (Lipinski definition) is 1. The summed E-state index contributed by atoms with van der Waals surface area (Å²) in [4.78, 5) is 1.93. The number of nitrogens with two attached hydrogens (primary N) is 1. The van der Waals surface area contributed by atoms with Gasteiger partial charge in [0.2, 0.25) is 0 Å². The lowest BCUT2D eigenvalue weighted by atomic mass is 10.0. The Morgan fingerprint density at radius 2 is 2.16 bits per heavy atom. The molecule has 1 heterocycles. The zero-order chi connectivity index (χ0) is 14.2. The lowest BCUT2D eigenvalue weighted by molar-refractivity contribution is 0.562. The Labute approximate surface area is 113 Å². The molecule has 1 aliphatic rings. The van der Waals surface area contributed by atoms with E-state index in [9.17, 15) is 12.8 Å². The lowest BCUT2D eigenvalue weighted by Gasteiger charge is -2.37. The lowest BCUT2D eigenvalue weighted by Crippen LogP contribution is -2.47. The number of sulfone groups is 1. The third-order valence-electron chi connectivity index (χ3n) is 3.47. The normalized spacial score (nSPS) is 24.2. The molecule has 1 aromatic rings. The maximum atomic E-state index is 13.9. The van der Waals surface area contributed by atoms with Gasteiger partial charge in [-0.3, -0.25) is 0 Å². The number of rotatable bonds is 2. The second kappa shape index (κ2) is 5.09. The molecule has 0 saturated carbocycles. The Morgan fingerprint density at radius 1 is 1.47 bits per heavy atom. The smallest absolute Gasteiger partial charge is 0.154 e. The highest BCUT2D eigenvalue weighted by Gasteiger charge is 2.30. The number of benzene rings is 1. The van der Waals surface area contributed by atoms with Crippen molar-refractivity contribution >= 4 is 15.5 Å². The van der Waals surface area contributed by atoms with Crippen molar-refractivity contribution in [2.24, 2.45) is 5.73 Å². The Morgan fingerprint density at radius 3 is 2.74 bits per heavy atom. The minimum absolute atomic E-state index is 0.0991. The molecule has 2 atom stereocenters. The maximum absolute atomic E-state index is 13.9. The van der Waals surface area contributed by atoms with E-state index in [-0.39, 0.29) is 23.4 Å². The molecule has 6 heteroatoms. The predicted octanol–water partition coefficient (Wildman–Crippen LogP) is 1.47. The van der Waals surface area contributed by atoms with Crippen molar-refractivity contribution < 1.29 is 12.8 Å². The summed E-state index contributed by atoms with van der Waals surface area (Å²) in [6.07, 6.45) is 0. The van der Waals surface area contributed by atoms with E-state index in [1.165, 1.54) is 6.07 Å². The van der Waals surface area contributed by atoms with Crippen LogP contribution >= 0.6 is 0 Å². The van der Waals surface area contributed by atoms with Crippen LogP contribution in [0.5, 0.6) is 0 Å². The average Bonchev–Trinajstić information content (AvgIpc) is 2.26. The molecule has 0 aliphatic carbocycles. The first kappa shape index (κ1) is 14.3. The van der Waals surface area contributed by atoms with Gasteiger partial charge in [-0.15, -0.1) is 0 Å². The predicted molar refractivity (Wildman–Crippen MR) is 74.5 cm³/mol. The van der Waals surface area contributed by atoms with Gasteiger partial charge in [0.25, 0.3) is 0 Å². The topological polar surface area (TPSA) is 63.4 Å². The summed E-state index contributed by atoms with van der Waals surface area (Å²) in [6, 6.07) is 4.22. The van der Waals surface area contributed by atoms with Gasteiger partial charge in [0.1, 0.15) is 5.82 Å². The summed E-state index contributed by atoms with van der Waals surface area (Å²) in [5.41, 5.74) is 6.99. The molecule has 0 bridgehead atoms. The van der Waals surface area contributed by atoms with Gasteiger partial charge in [0.05, 0.1) is 11.5 Å². The molecule has 106 valence electrons. The highest BCUT2D eigenvalue weighted by atomic mass is 32.2. The monoisotopic (exact) mass is 286 g/mol. The first-order valence-electron chi connectivity index (χ1n) is 6.33. The van der Waals surface area contributed by atoms with Crippen LogP contribution in [0.25, 0.3) is 0 Å². The Kier molecular flexibility index (Phi) is 3.82.